The third-order valence-corrected chi connectivity index (χ3v) is 9.01. The fourth-order valence-electron chi connectivity index (χ4n) is 4.36. The molecule has 2 aromatic carbocycles. The van der Waals surface area contributed by atoms with Crippen LogP contribution in [0.5, 0.6) is 23.0 Å². The molecule has 0 saturated heterocycles. The monoisotopic (exact) mass is 469 g/mol. The van der Waals surface area contributed by atoms with Gasteiger partial charge in [0.05, 0.1) is 0 Å². The van der Waals surface area contributed by atoms with Crippen molar-refractivity contribution in [3.8, 4) is 34.1 Å². The van der Waals surface area contributed by atoms with Gasteiger partial charge in [0.1, 0.15) is 0 Å². The number of rotatable bonds is 3. The van der Waals surface area contributed by atoms with Crippen LogP contribution in [-0.4, -0.2) is 44.0 Å². The topological polar surface area (TPSA) is 62.2 Å². The molecular weight excluding hydrogens is 445 g/mol. The Labute approximate surface area is 161 Å². The molecule has 0 fully saturated rings. The van der Waals surface area contributed by atoms with Gasteiger partial charge in [-0.1, -0.05) is 0 Å². The van der Waals surface area contributed by atoms with Gasteiger partial charge in [-0.25, -0.2) is 0 Å². The van der Waals surface area contributed by atoms with E-state index < -0.39 is 20.1 Å². The average molecular weight is 469 g/mol. The van der Waals surface area contributed by atoms with Gasteiger partial charge in [-0.2, -0.15) is 0 Å². The summed E-state index contributed by atoms with van der Waals surface area (Å²) in [6, 6.07) is 5.81. The Bertz CT molecular complexity index is 881. The van der Waals surface area contributed by atoms with Gasteiger partial charge in [-0.3, -0.25) is 0 Å². The van der Waals surface area contributed by atoms with Crippen LogP contribution in [0, 0.1) is 0 Å². The fraction of sp³-hybridized carbons (Fsp3) is 0.400. The number of fused-ring (bicyclic) bond motifs is 2. The van der Waals surface area contributed by atoms with E-state index in [1.807, 2.05) is 12.1 Å². The number of benzene rings is 2. The average Bonchev–Trinajstić information content (AvgIpc) is 2.61. The quantitative estimate of drug-likeness (QED) is 0.406. The number of alkyl halides is 2. The Hall–Kier alpha value is -1.67. The summed E-state index contributed by atoms with van der Waals surface area (Å²) in [4.78, 5) is 4.75. The molecule has 1 aliphatic carbocycles. The van der Waals surface area contributed by atoms with Crippen LogP contribution in [0.3, 0.4) is 0 Å². The third-order valence-electron chi connectivity index (χ3n) is 5.38. The zero-order valence-electron chi connectivity index (χ0n) is 15.5. The molecule has 2 aromatic rings. The fourth-order valence-corrected chi connectivity index (χ4v) is 7.39. The Morgan fingerprint density at radius 3 is 2.35 bits per heavy atom. The van der Waals surface area contributed by atoms with Crippen molar-refractivity contribution in [3.63, 3.8) is 0 Å². The van der Waals surface area contributed by atoms with Gasteiger partial charge in [0.2, 0.25) is 0 Å². The van der Waals surface area contributed by atoms with Crippen LogP contribution in [0.15, 0.2) is 18.2 Å². The number of phenols is 2. The predicted octanol–water partition coefficient (Wildman–Crippen LogP) is 3.92. The summed E-state index contributed by atoms with van der Waals surface area (Å²) in [6.45, 7) is 1.03. The second-order valence-corrected chi connectivity index (χ2v) is 12.2. The van der Waals surface area contributed by atoms with E-state index >= 15 is 0 Å². The number of hydrogen-bond acceptors (Lipinski definition) is 5. The van der Waals surface area contributed by atoms with Crippen molar-refractivity contribution in [1.82, 2.24) is 3.11 Å². The van der Waals surface area contributed by atoms with Crippen molar-refractivity contribution >= 4 is 20.1 Å². The molecule has 2 aliphatic rings. The van der Waals surface area contributed by atoms with Crippen molar-refractivity contribution in [2.75, 3.05) is 30.6 Å². The Balaban J connectivity index is 2.09. The Morgan fingerprint density at radius 2 is 1.69 bits per heavy atom. The van der Waals surface area contributed by atoms with Crippen molar-refractivity contribution in [3.05, 3.63) is 34.9 Å². The molecule has 0 radical (unpaired) electrons. The van der Waals surface area contributed by atoms with Gasteiger partial charge >= 0.3 is 161 Å². The molecule has 0 spiro atoms. The van der Waals surface area contributed by atoms with E-state index in [1.165, 1.54) is 11.1 Å². The number of hydrogen-bond donors (Lipinski definition) is 2. The van der Waals surface area contributed by atoms with E-state index in [0.29, 0.717) is 17.5 Å². The maximum atomic E-state index is 10.6. The molecule has 0 saturated carbocycles. The van der Waals surface area contributed by atoms with Gasteiger partial charge in [0.25, 0.3) is 0 Å². The molecular formula is C20H24INO4. The molecule has 0 unspecified atom stereocenters. The van der Waals surface area contributed by atoms with Crippen LogP contribution in [0.25, 0.3) is 11.1 Å². The van der Waals surface area contributed by atoms with E-state index in [9.17, 15) is 10.2 Å². The summed E-state index contributed by atoms with van der Waals surface area (Å²) >= 11 is -1.19. The van der Waals surface area contributed by atoms with Gasteiger partial charge < -0.3 is 0 Å². The third kappa shape index (κ3) is 2.45. The van der Waals surface area contributed by atoms with E-state index in [-0.39, 0.29) is 11.5 Å². The van der Waals surface area contributed by atoms with Crippen molar-refractivity contribution < 1.29 is 19.7 Å². The van der Waals surface area contributed by atoms with Crippen LogP contribution in [0.1, 0.15) is 22.7 Å². The second kappa shape index (κ2) is 6.49. The van der Waals surface area contributed by atoms with Crippen molar-refractivity contribution in [2.45, 2.75) is 18.9 Å². The van der Waals surface area contributed by atoms with Crippen molar-refractivity contribution in [2.24, 2.45) is 0 Å². The number of ether oxygens (including phenoxy) is 2. The molecule has 0 bridgehead atoms. The molecule has 0 amide bonds. The SMILES string of the molecule is COc1c(O)ccc2c1-c1c(OC)c(O)cc3c1[C@H](C2)N(I(C)C)CC3. The van der Waals surface area contributed by atoms with Crippen LogP contribution in [0.2, 0.25) is 0 Å². The van der Waals surface area contributed by atoms with Crippen LogP contribution >= 0.6 is 20.1 Å². The summed E-state index contributed by atoms with van der Waals surface area (Å²) in [5.74, 6) is 1.17. The first-order valence-corrected chi connectivity index (χ1v) is 13.8. The first kappa shape index (κ1) is 17.7. The zero-order valence-corrected chi connectivity index (χ0v) is 17.6. The number of methoxy groups -OCH3 is 2. The Kier molecular flexibility index (Phi) is 4.43. The summed E-state index contributed by atoms with van der Waals surface area (Å²) in [6.07, 6.45) is 1.80. The first-order valence-electron chi connectivity index (χ1n) is 8.56. The summed E-state index contributed by atoms with van der Waals surface area (Å²) in [5.41, 5.74) is 5.25. The molecule has 4 rings (SSSR count). The molecule has 5 nitrogen and oxygen atoms in total. The van der Waals surface area contributed by atoms with E-state index in [4.69, 9.17) is 9.47 Å². The number of halogens is 1. The minimum absolute atomic E-state index is 0.107. The molecule has 0 aromatic heterocycles. The summed E-state index contributed by atoms with van der Waals surface area (Å²) in [5, 5.41) is 20.9. The van der Waals surface area contributed by atoms with Gasteiger partial charge in [-0.05, 0) is 0 Å². The summed E-state index contributed by atoms with van der Waals surface area (Å²) in [7, 11) is 3.15. The molecule has 26 heavy (non-hydrogen) atoms. The van der Waals surface area contributed by atoms with Crippen LogP contribution < -0.4 is 9.47 Å². The van der Waals surface area contributed by atoms with E-state index in [0.717, 1.165) is 36.1 Å². The second-order valence-electron chi connectivity index (χ2n) is 6.84. The molecule has 140 valence electrons. The van der Waals surface area contributed by atoms with Crippen LogP contribution in [0.4, 0.5) is 0 Å². The van der Waals surface area contributed by atoms with Gasteiger partial charge in [-0.15, -0.1) is 0 Å². The summed E-state index contributed by atoms with van der Waals surface area (Å²) < 4.78 is 13.8. The Morgan fingerprint density at radius 1 is 1.00 bits per heavy atom. The van der Waals surface area contributed by atoms with E-state index in [2.05, 4.69) is 13.0 Å². The predicted molar refractivity (Wildman–Crippen MR) is 111 cm³/mol. The normalized spacial score (nSPS) is 18.8. The maximum absolute atomic E-state index is 10.6. The van der Waals surface area contributed by atoms with Gasteiger partial charge in [0, 0.05) is 0 Å². The molecule has 1 atom stereocenters. The molecule has 2 N–H and O–H groups in total. The van der Waals surface area contributed by atoms with Crippen LogP contribution in [-0.2, 0) is 12.8 Å². The van der Waals surface area contributed by atoms with Crippen molar-refractivity contribution in [1.29, 1.82) is 0 Å². The number of nitrogens with zero attached hydrogens (tertiary/aromatic N) is 1. The number of phenolic OH excluding ortho intramolecular Hbond substituents is 2. The first-order chi connectivity index (χ1) is 12.5. The minimum atomic E-state index is -1.19. The van der Waals surface area contributed by atoms with E-state index in [1.54, 1.807) is 20.3 Å². The molecule has 1 heterocycles. The molecule has 6 heteroatoms. The zero-order chi connectivity index (χ0) is 18.6. The number of aromatic hydroxyl groups is 2. The molecule has 1 aliphatic heterocycles. The standard InChI is InChI=1S/C20H24INO4/c1-21(2)22-8-7-12-10-15(24)20(26-4)18-16(12)13(22)9-11-5-6-14(23)19(25-3)17(11)18/h5-6,10,13,23-24H,7-9H2,1-4H3/t13-/m0/s1. The van der Waals surface area contributed by atoms with Gasteiger partial charge in [0.15, 0.2) is 0 Å².